The zero-order valence-electron chi connectivity index (χ0n) is 12.7. The highest BCUT2D eigenvalue weighted by Gasteiger charge is 2.14. The van der Waals surface area contributed by atoms with Crippen LogP contribution in [-0.2, 0) is 13.0 Å². The minimum atomic E-state index is 0.507. The van der Waals surface area contributed by atoms with Crippen molar-refractivity contribution in [2.75, 3.05) is 18.6 Å². The van der Waals surface area contributed by atoms with Gasteiger partial charge in [-0.05, 0) is 38.3 Å². The molecule has 1 aromatic carbocycles. The van der Waals surface area contributed by atoms with Gasteiger partial charge >= 0.3 is 0 Å². The first kappa shape index (κ1) is 15.4. The van der Waals surface area contributed by atoms with Gasteiger partial charge in [-0.15, -0.1) is 0 Å². The Morgan fingerprint density at radius 3 is 2.80 bits per heavy atom. The number of rotatable bonds is 8. The summed E-state index contributed by atoms with van der Waals surface area (Å²) in [4.78, 5) is 4.83. The van der Waals surface area contributed by atoms with Crippen LogP contribution in [0.4, 0.5) is 0 Å². The third-order valence-electron chi connectivity index (χ3n) is 3.53. The maximum absolute atomic E-state index is 4.83. The number of aromatic nitrogens is 2. The van der Waals surface area contributed by atoms with E-state index in [4.69, 9.17) is 4.98 Å². The Kier molecular flexibility index (Phi) is 5.92. The largest absolute Gasteiger partial charge is 0.328 e. The van der Waals surface area contributed by atoms with Crippen molar-refractivity contribution in [2.45, 2.75) is 39.3 Å². The second-order valence-electron chi connectivity index (χ2n) is 5.07. The highest BCUT2D eigenvalue weighted by Crippen LogP contribution is 2.17. The van der Waals surface area contributed by atoms with Gasteiger partial charge in [0.1, 0.15) is 5.82 Å². The molecule has 0 bridgehead atoms. The van der Waals surface area contributed by atoms with Crippen molar-refractivity contribution in [3.05, 3.63) is 30.1 Å². The van der Waals surface area contributed by atoms with Gasteiger partial charge in [-0.3, -0.25) is 0 Å². The fourth-order valence-electron chi connectivity index (χ4n) is 2.59. The molecule has 3 nitrogen and oxygen atoms in total. The molecule has 4 heteroatoms. The second-order valence-corrected chi connectivity index (χ2v) is 5.98. The Balaban J connectivity index is 2.22. The Morgan fingerprint density at radius 1 is 1.30 bits per heavy atom. The molecule has 2 aromatic rings. The van der Waals surface area contributed by atoms with Crippen molar-refractivity contribution in [3.8, 4) is 0 Å². The summed E-state index contributed by atoms with van der Waals surface area (Å²) in [5.74, 6) is 2.34. The highest BCUT2D eigenvalue weighted by molar-refractivity contribution is 7.98. The van der Waals surface area contributed by atoms with Crippen LogP contribution in [0.25, 0.3) is 11.0 Å². The molecule has 1 N–H and O–H groups in total. The number of nitrogens with one attached hydrogen (secondary N) is 1. The molecule has 1 heterocycles. The van der Waals surface area contributed by atoms with Gasteiger partial charge in [-0.25, -0.2) is 4.98 Å². The van der Waals surface area contributed by atoms with E-state index in [1.807, 2.05) is 11.8 Å². The lowest BCUT2D eigenvalue weighted by atomic mass is 10.2. The molecule has 110 valence electrons. The number of benzene rings is 1. The number of imidazole rings is 1. The molecule has 0 spiro atoms. The summed E-state index contributed by atoms with van der Waals surface area (Å²) >= 11 is 1.90. The minimum Gasteiger partial charge on any atom is -0.328 e. The summed E-state index contributed by atoms with van der Waals surface area (Å²) in [6, 6.07) is 8.93. The molecular formula is C16H25N3S. The monoisotopic (exact) mass is 291 g/mol. The zero-order valence-corrected chi connectivity index (χ0v) is 13.5. The fraction of sp³-hybridized carbons (Fsp3) is 0.562. The van der Waals surface area contributed by atoms with Crippen LogP contribution in [0.3, 0.4) is 0 Å². The molecule has 1 unspecified atom stereocenters. The van der Waals surface area contributed by atoms with Gasteiger partial charge < -0.3 is 9.88 Å². The number of thioether (sulfide) groups is 1. The van der Waals surface area contributed by atoms with E-state index in [0.717, 1.165) is 30.8 Å². The van der Waals surface area contributed by atoms with Gasteiger partial charge in [0.2, 0.25) is 0 Å². The number of nitrogens with zero attached hydrogens (tertiary/aromatic N) is 2. The molecule has 0 saturated heterocycles. The van der Waals surface area contributed by atoms with E-state index >= 15 is 0 Å². The van der Waals surface area contributed by atoms with Crippen LogP contribution in [0, 0.1) is 0 Å². The molecular weight excluding hydrogens is 266 g/mol. The zero-order chi connectivity index (χ0) is 14.4. The second kappa shape index (κ2) is 7.70. The molecule has 0 fully saturated rings. The van der Waals surface area contributed by atoms with Crippen molar-refractivity contribution < 1.29 is 0 Å². The molecule has 1 atom stereocenters. The first-order valence-electron chi connectivity index (χ1n) is 7.46. The Morgan fingerprint density at radius 2 is 2.10 bits per heavy atom. The van der Waals surface area contributed by atoms with Gasteiger partial charge in [0.05, 0.1) is 11.0 Å². The quantitative estimate of drug-likeness (QED) is 0.809. The molecule has 0 radical (unpaired) electrons. The van der Waals surface area contributed by atoms with Gasteiger partial charge in [-0.2, -0.15) is 11.8 Å². The highest BCUT2D eigenvalue weighted by atomic mass is 32.2. The van der Waals surface area contributed by atoms with E-state index < -0.39 is 0 Å². The Hall–Kier alpha value is -1.00. The number of para-hydroxylation sites is 2. The molecule has 1 aromatic heterocycles. The van der Waals surface area contributed by atoms with Crippen LogP contribution >= 0.6 is 11.8 Å². The van der Waals surface area contributed by atoms with E-state index in [9.17, 15) is 0 Å². The van der Waals surface area contributed by atoms with E-state index in [0.29, 0.717) is 6.04 Å². The number of aryl methyl sites for hydroxylation is 1. The summed E-state index contributed by atoms with van der Waals surface area (Å²) in [5, 5.41) is 3.64. The van der Waals surface area contributed by atoms with E-state index in [1.165, 1.54) is 17.8 Å². The lowest BCUT2D eigenvalue weighted by Crippen LogP contribution is -2.34. The third kappa shape index (κ3) is 3.55. The van der Waals surface area contributed by atoms with Gasteiger partial charge in [0, 0.05) is 24.8 Å². The average molecular weight is 291 g/mol. The minimum absolute atomic E-state index is 0.507. The lowest BCUT2D eigenvalue weighted by Gasteiger charge is -2.17. The van der Waals surface area contributed by atoms with Crippen LogP contribution in [0.2, 0.25) is 0 Å². The molecule has 20 heavy (non-hydrogen) atoms. The van der Waals surface area contributed by atoms with Crippen molar-refractivity contribution >= 4 is 22.8 Å². The molecule has 0 saturated carbocycles. The Bertz CT molecular complexity index is 536. The number of hydrogen-bond acceptors (Lipinski definition) is 3. The predicted octanol–water partition coefficient (Wildman–Crippen LogP) is 3.33. The van der Waals surface area contributed by atoms with Crippen LogP contribution in [0.5, 0.6) is 0 Å². The van der Waals surface area contributed by atoms with Gasteiger partial charge in [0.25, 0.3) is 0 Å². The van der Waals surface area contributed by atoms with E-state index in [1.54, 1.807) is 0 Å². The summed E-state index contributed by atoms with van der Waals surface area (Å²) in [7, 11) is 0. The smallest absolute Gasteiger partial charge is 0.111 e. The number of hydrogen-bond donors (Lipinski definition) is 1. The Labute approximate surface area is 126 Å². The molecule has 0 aliphatic rings. The van der Waals surface area contributed by atoms with E-state index in [2.05, 4.69) is 54.3 Å². The van der Waals surface area contributed by atoms with E-state index in [-0.39, 0.29) is 0 Å². The fourth-order valence-corrected chi connectivity index (χ4v) is 3.23. The van der Waals surface area contributed by atoms with Gasteiger partial charge in [0.15, 0.2) is 0 Å². The average Bonchev–Trinajstić information content (AvgIpc) is 2.82. The van der Waals surface area contributed by atoms with Crippen molar-refractivity contribution in [1.29, 1.82) is 0 Å². The first-order chi connectivity index (χ1) is 9.80. The van der Waals surface area contributed by atoms with Crippen molar-refractivity contribution in [2.24, 2.45) is 0 Å². The topological polar surface area (TPSA) is 29.9 Å². The molecule has 0 aliphatic carbocycles. The standard InChI is InChI=1S/C16H25N3S/c1-4-10-17-13(12-20-3)11-16-18-14-8-6-7-9-15(14)19(16)5-2/h6-9,13,17H,4-5,10-12H2,1-3H3. The summed E-state index contributed by atoms with van der Waals surface area (Å²) in [6.45, 7) is 6.47. The third-order valence-corrected chi connectivity index (χ3v) is 4.27. The van der Waals surface area contributed by atoms with Crippen molar-refractivity contribution in [3.63, 3.8) is 0 Å². The van der Waals surface area contributed by atoms with Crippen LogP contribution in [0.15, 0.2) is 24.3 Å². The normalized spacial score (nSPS) is 12.9. The maximum Gasteiger partial charge on any atom is 0.111 e. The van der Waals surface area contributed by atoms with Gasteiger partial charge in [-0.1, -0.05) is 19.1 Å². The first-order valence-corrected chi connectivity index (χ1v) is 8.86. The maximum atomic E-state index is 4.83. The lowest BCUT2D eigenvalue weighted by molar-refractivity contribution is 0.528. The molecule has 0 amide bonds. The van der Waals surface area contributed by atoms with Crippen LogP contribution in [-0.4, -0.2) is 34.1 Å². The van der Waals surface area contributed by atoms with Crippen LogP contribution in [0.1, 0.15) is 26.1 Å². The SMILES string of the molecule is CCCNC(CSC)Cc1nc2ccccc2n1CC. The molecule has 2 rings (SSSR count). The summed E-state index contributed by atoms with van der Waals surface area (Å²) in [5.41, 5.74) is 2.37. The van der Waals surface area contributed by atoms with Crippen molar-refractivity contribution in [1.82, 2.24) is 14.9 Å². The summed E-state index contributed by atoms with van der Waals surface area (Å²) < 4.78 is 2.34. The van der Waals surface area contributed by atoms with Crippen LogP contribution < -0.4 is 5.32 Å². The molecule has 0 aliphatic heterocycles. The predicted molar refractivity (Wildman–Crippen MR) is 89.6 cm³/mol. The number of fused-ring (bicyclic) bond motifs is 1. The summed E-state index contributed by atoms with van der Waals surface area (Å²) in [6.07, 6.45) is 4.35.